The summed E-state index contributed by atoms with van der Waals surface area (Å²) in [5.74, 6) is 1.50. The number of hydrogen-bond donors (Lipinski definition) is 0. The van der Waals surface area contributed by atoms with Crippen LogP contribution in [0, 0.1) is 6.92 Å². The second-order valence-electron chi connectivity index (χ2n) is 6.70. The standard InChI is InChI=1S/C23H21N3O3S2/c1-3-30-21-13-14-24-19(16(21)2)15-31(28)22-25-18-11-7-8-12-20(18)26(22)23(27)29-17-9-5-4-6-10-17/h4-14H,3,15H2,1-2H3. The predicted molar refractivity (Wildman–Crippen MR) is 123 cm³/mol. The smallest absolute Gasteiger partial charge is 0.410 e. The lowest BCUT2D eigenvalue weighted by Crippen LogP contribution is -2.20. The number of fused-ring (bicyclic) bond motifs is 1. The maximum atomic E-state index is 13.4. The first-order valence-electron chi connectivity index (χ1n) is 9.79. The Morgan fingerprint density at radius 1 is 1.10 bits per heavy atom. The van der Waals surface area contributed by atoms with E-state index in [4.69, 9.17) is 4.74 Å². The summed E-state index contributed by atoms with van der Waals surface area (Å²) in [7, 11) is -1.60. The molecule has 0 aliphatic rings. The van der Waals surface area contributed by atoms with Gasteiger partial charge in [-0.15, -0.1) is 11.8 Å². The van der Waals surface area contributed by atoms with Crippen LogP contribution in [0.1, 0.15) is 18.2 Å². The van der Waals surface area contributed by atoms with Gasteiger partial charge in [-0.05, 0) is 48.6 Å². The van der Waals surface area contributed by atoms with E-state index in [0.29, 0.717) is 16.8 Å². The fourth-order valence-electron chi connectivity index (χ4n) is 3.17. The van der Waals surface area contributed by atoms with Crippen LogP contribution in [0.3, 0.4) is 0 Å². The van der Waals surface area contributed by atoms with Gasteiger partial charge >= 0.3 is 6.09 Å². The monoisotopic (exact) mass is 451 g/mol. The molecule has 0 fully saturated rings. The number of carbonyl (C=O) groups is 1. The molecule has 0 spiro atoms. The van der Waals surface area contributed by atoms with Crippen molar-refractivity contribution >= 4 is 39.7 Å². The number of imidazole rings is 1. The number of aromatic nitrogens is 3. The van der Waals surface area contributed by atoms with Crippen molar-refractivity contribution in [1.29, 1.82) is 0 Å². The van der Waals surface area contributed by atoms with Crippen LogP contribution in [0.15, 0.2) is 76.9 Å². The molecule has 2 heterocycles. The molecule has 31 heavy (non-hydrogen) atoms. The van der Waals surface area contributed by atoms with E-state index < -0.39 is 16.9 Å². The number of nitrogens with zero attached hydrogens (tertiary/aromatic N) is 3. The molecular weight excluding hydrogens is 430 g/mol. The van der Waals surface area contributed by atoms with Crippen molar-refractivity contribution in [3.05, 3.63) is 78.1 Å². The maximum absolute atomic E-state index is 13.4. The van der Waals surface area contributed by atoms with Gasteiger partial charge in [0.05, 0.1) is 33.3 Å². The number of thioether (sulfide) groups is 1. The molecule has 0 bridgehead atoms. The number of rotatable bonds is 6. The number of carbonyl (C=O) groups excluding carboxylic acids is 1. The fraction of sp³-hybridized carbons (Fsp3) is 0.174. The molecule has 0 aliphatic heterocycles. The predicted octanol–water partition coefficient (Wildman–Crippen LogP) is 5.21. The van der Waals surface area contributed by atoms with Gasteiger partial charge in [0.15, 0.2) is 0 Å². The summed E-state index contributed by atoms with van der Waals surface area (Å²) in [5, 5.41) is 0.150. The lowest BCUT2D eigenvalue weighted by molar-refractivity contribution is 0.201. The second-order valence-corrected chi connectivity index (χ2v) is 9.35. The number of para-hydroxylation sites is 3. The summed E-state index contributed by atoms with van der Waals surface area (Å²) in [6.45, 7) is 4.06. The van der Waals surface area contributed by atoms with Crippen molar-refractivity contribution in [2.75, 3.05) is 5.75 Å². The van der Waals surface area contributed by atoms with Gasteiger partial charge < -0.3 is 4.74 Å². The minimum absolute atomic E-state index is 0.150. The number of hydrogen-bond acceptors (Lipinski definition) is 6. The topological polar surface area (TPSA) is 74.1 Å². The summed E-state index contributed by atoms with van der Waals surface area (Å²) in [5.41, 5.74) is 2.85. The highest BCUT2D eigenvalue weighted by atomic mass is 32.2. The van der Waals surface area contributed by atoms with Crippen LogP contribution in [0.5, 0.6) is 5.75 Å². The van der Waals surface area contributed by atoms with Crippen molar-refractivity contribution in [1.82, 2.24) is 14.5 Å². The molecule has 0 saturated carbocycles. The van der Waals surface area contributed by atoms with E-state index in [0.717, 1.165) is 21.9 Å². The van der Waals surface area contributed by atoms with Gasteiger partial charge in [-0.1, -0.05) is 37.3 Å². The zero-order valence-corrected chi connectivity index (χ0v) is 18.8. The molecule has 8 heteroatoms. The third kappa shape index (κ3) is 4.55. The van der Waals surface area contributed by atoms with Crippen molar-refractivity contribution in [2.45, 2.75) is 29.7 Å². The molecule has 1 unspecified atom stereocenters. The van der Waals surface area contributed by atoms with Crippen molar-refractivity contribution in [3.63, 3.8) is 0 Å². The molecule has 0 N–H and O–H groups in total. The zero-order valence-electron chi connectivity index (χ0n) is 17.1. The summed E-state index contributed by atoms with van der Waals surface area (Å²) in [4.78, 5) is 23.0. The molecule has 0 radical (unpaired) electrons. The lowest BCUT2D eigenvalue weighted by Gasteiger charge is -2.11. The quantitative estimate of drug-likeness (QED) is 0.375. The third-order valence-corrected chi connectivity index (χ3v) is 6.95. The van der Waals surface area contributed by atoms with Crippen LogP contribution in [0.25, 0.3) is 11.0 Å². The Morgan fingerprint density at radius 2 is 1.84 bits per heavy atom. The van der Waals surface area contributed by atoms with Gasteiger partial charge in [0.1, 0.15) is 5.75 Å². The van der Waals surface area contributed by atoms with Crippen LogP contribution in [-0.2, 0) is 16.6 Å². The van der Waals surface area contributed by atoms with E-state index in [-0.39, 0.29) is 10.9 Å². The Labute approximate surface area is 187 Å². The number of benzene rings is 2. The number of pyridine rings is 1. The Hall–Kier alpha value is -2.97. The zero-order chi connectivity index (χ0) is 21.8. The normalized spacial score (nSPS) is 12.1. The van der Waals surface area contributed by atoms with E-state index in [1.54, 1.807) is 60.4 Å². The van der Waals surface area contributed by atoms with Gasteiger partial charge in [0.2, 0.25) is 5.16 Å². The Bertz CT molecular complexity index is 1260. The molecule has 0 amide bonds. The van der Waals surface area contributed by atoms with E-state index in [2.05, 4.69) is 16.9 Å². The average Bonchev–Trinajstić information content (AvgIpc) is 3.17. The molecule has 6 nitrogen and oxygen atoms in total. The SMILES string of the molecule is CCSc1ccnc(CS(=O)c2nc3ccccc3n2C(=O)Oc2ccccc2)c1C. The lowest BCUT2D eigenvalue weighted by atomic mass is 10.2. The van der Waals surface area contributed by atoms with E-state index in [1.165, 1.54) is 4.57 Å². The maximum Gasteiger partial charge on any atom is 0.426 e. The average molecular weight is 452 g/mol. The van der Waals surface area contributed by atoms with Crippen molar-refractivity contribution < 1.29 is 13.7 Å². The van der Waals surface area contributed by atoms with Crippen LogP contribution in [-0.4, -0.2) is 30.6 Å². The molecular formula is C23H21N3O3S2. The number of ether oxygens (including phenoxy) is 1. The first-order chi connectivity index (χ1) is 15.1. The minimum atomic E-state index is -1.60. The fourth-order valence-corrected chi connectivity index (χ4v) is 5.22. The second kappa shape index (κ2) is 9.45. The molecule has 4 aromatic rings. The summed E-state index contributed by atoms with van der Waals surface area (Å²) >= 11 is 1.72. The van der Waals surface area contributed by atoms with Gasteiger partial charge in [-0.2, -0.15) is 0 Å². The third-order valence-electron chi connectivity index (χ3n) is 4.69. The Kier molecular flexibility index (Phi) is 6.48. The first-order valence-corrected chi connectivity index (χ1v) is 12.1. The largest absolute Gasteiger partial charge is 0.426 e. The van der Waals surface area contributed by atoms with Crippen LogP contribution < -0.4 is 4.74 Å². The van der Waals surface area contributed by atoms with E-state index in [9.17, 15) is 9.00 Å². The summed E-state index contributed by atoms with van der Waals surface area (Å²) in [6.07, 6.45) is 1.08. The molecule has 2 aromatic carbocycles. The first kappa shape index (κ1) is 21.3. The van der Waals surface area contributed by atoms with E-state index >= 15 is 0 Å². The molecule has 1 atom stereocenters. The molecule has 4 rings (SSSR count). The van der Waals surface area contributed by atoms with Crippen molar-refractivity contribution in [3.8, 4) is 5.75 Å². The highest BCUT2D eigenvalue weighted by Crippen LogP contribution is 2.26. The molecule has 2 aromatic heterocycles. The molecule has 0 saturated heterocycles. The Morgan fingerprint density at radius 3 is 2.61 bits per heavy atom. The van der Waals surface area contributed by atoms with Crippen LogP contribution in [0.2, 0.25) is 0 Å². The molecule has 158 valence electrons. The van der Waals surface area contributed by atoms with Crippen molar-refractivity contribution in [2.24, 2.45) is 0 Å². The summed E-state index contributed by atoms with van der Waals surface area (Å²) < 4.78 is 20.2. The molecule has 0 aliphatic carbocycles. The van der Waals surface area contributed by atoms with Gasteiger partial charge in [0, 0.05) is 11.1 Å². The van der Waals surface area contributed by atoms with Gasteiger partial charge in [0.25, 0.3) is 0 Å². The van der Waals surface area contributed by atoms with Crippen LogP contribution in [0.4, 0.5) is 4.79 Å². The summed E-state index contributed by atoms with van der Waals surface area (Å²) in [6, 6.07) is 17.9. The highest BCUT2D eigenvalue weighted by molar-refractivity contribution is 7.99. The minimum Gasteiger partial charge on any atom is -0.410 e. The highest BCUT2D eigenvalue weighted by Gasteiger charge is 2.24. The Balaban J connectivity index is 1.70. The van der Waals surface area contributed by atoms with Gasteiger partial charge in [-0.25, -0.2) is 14.3 Å². The van der Waals surface area contributed by atoms with Crippen LogP contribution >= 0.6 is 11.8 Å². The van der Waals surface area contributed by atoms with E-state index in [1.807, 2.05) is 25.1 Å². The van der Waals surface area contributed by atoms with Gasteiger partial charge in [-0.3, -0.25) is 9.19 Å².